The van der Waals surface area contributed by atoms with Gasteiger partial charge in [-0.1, -0.05) is 35.9 Å². The molecule has 106 valence electrons. The van der Waals surface area contributed by atoms with Crippen molar-refractivity contribution in [3.63, 3.8) is 0 Å². The molecule has 0 unspecified atom stereocenters. The maximum absolute atomic E-state index is 2.43. The minimum Gasteiger partial charge on any atom is -0.306 e. The zero-order valence-electron chi connectivity index (χ0n) is 12.3. The van der Waals surface area contributed by atoms with Crippen molar-refractivity contribution in [3.05, 3.63) is 62.9 Å². The average Bonchev–Trinajstić information content (AvgIpc) is 2.91. The van der Waals surface area contributed by atoms with Crippen LogP contribution in [0.5, 0.6) is 0 Å². The number of benzene rings is 1. The van der Waals surface area contributed by atoms with E-state index >= 15 is 0 Å². The predicted octanol–water partition coefficient (Wildman–Crippen LogP) is 4.76. The van der Waals surface area contributed by atoms with Crippen molar-refractivity contribution in [1.29, 1.82) is 0 Å². The van der Waals surface area contributed by atoms with Crippen molar-refractivity contribution >= 4 is 29.1 Å². The second-order valence-corrected chi connectivity index (χ2v) is 6.85. The monoisotopic (exact) mass is 293 g/mol. The second kappa shape index (κ2) is 5.28. The van der Waals surface area contributed by atoms with Gasteiger partial charge in [0.1, 0.15) is 0 Å². The third kappa shape index (κ3) is 2.29. The summed E-state index contributed by atoms with van der Waals surface area (Å²) in [5.41, 5.74) is 7.32. The highest BCUT2D eigenvalue weighted by Gasteiger charge is 2.21. The Bertz CT molecular complexity index is 726. The number of likely N-dealkylation sites (tertiary alicyclic amines) is 1. The van der Waals surface area contributed by atoms with Gasteiger partial charge >= 0.3 is 0 Å². The van der Waals surface area contributed by atoms with E-state index in [1.165, 1.54) is 53.1 Å². The number of rotatable bonds is 0. The molecular formula is C19H19NS. The van der Waals surface area contributed by atoms with E-state index in [0.717, 1.165) is 0 Å². The lowest BCUT2D eigenvalue weighted by Crippen LogP contribution is -2.27. The van der Waals surface area contributed by atoms with Crippen LogP contribution in [0.3, 0.4) is 0 Å². The van der Waals surface area contributed by atoms with E-state index in [-0.39, 0.29) is 0 Å². The summed E-state index contributed by atoms with van der Waals surface area (Å²) in [6.07, 6.45) is 6.93. The second-order valence-electron chi connectivity index (χ2n) is 5.90. The maximum Gasteiger partial charge on any atom is 0.0349 e. The quantitative estimate of drug-likeness (QED) is 0.577. The number of hydrogen-bond donors (Lipinski definition) is 0. The van der Waals surface area contributed by atoms with Gasteiger partial charge in [-0.15, -0.1) is 11.3 Å². The van der Waals surface area contributed by atoms with E-state index in [0.29, 0.717) is 0 Å². The van der Waals surface area contributed by atoms with Crippen molar-refractivity contribution in [2.45, 2.75) is 12.8 Å². The first-order chi connectivity index (χ1) is 10.3. The van der Waals surface area contributed by atoms with Gasteiger partial charge in [-0.25, -0.2) is 0 Å². The highest BCUT2D eigenvalue weighted by Crippen LogP contribution is 2.40. The van der Waals surface area contributed by atoms with Gasteiger partial charge in [-0.3, -0.25) is 0 Å². The average molecular weight is 293 g/mol. The van der Waals surface area contributed by atoms with E-state index in [1.54, 1.807) is 5.57 Å². The summed E-state index contributed by atoms with van der Waals surface area (Å²) >= 11 is 1.85. The predicted molar refractivity (Wildman–Crippen MR) is 92.4 cm³/mol. The third-order valence-corrected chi connectivity index (χ3v) is 5.44. The van der Waals surface area contributed by atoms with Gasteiger partial charge in [-0.2, -0.15) is 0 Å². The van der Waals surface area contributed by atoms with Crippen LogP contribution in [-0.4, -0.2) is 25.0 Å². The third-order valence-electron chi connectivity index (χ3n) is 4.55. The summed E-state index contributed by atoms with van der Waals surface area (Å²) in [6, 6.07) is 11.1. The Morgan fingerprint density at radius 2 is 1.76 bits per heavy atom. The lowest BCUT2D eigenvalue weighted by molar-refractivity contribution is 0.313. The number of thiophene rings is 1. The van der Waals surface area contributed by atoms with Crippen LogP contribution in [0.25, 0.3) is 17.7 Å². The van der Waals surface area contributed by atoms with Crippen LogP contribution in [0.4, 0.5) is 0 Å². The normalized spacial score (nSPS) is 18.3. The van der Waals surface area contributed by atoms with Gasteiger partial charge in [0.25, 0.3) is 0 Å². The number of fused-ring (bicyclic) bond motifs is 2. The highest BCUT2D eigenvalue weighted by molar-refractivity contribution is 7.11. The van der Waals surface area contributed by atoms with E-state index in [9.17, 15) is 0 Å². The standard InChI is InChI=1S/C19H19NS/c1-20-11-8-15(9-12-20)19-16-5-3-2-4-14(16)6-7-18-17(19)10-13-21-18/h2-7,10,13H,8-9,11-12H2,1H3. The van der Waals surface area contributed by atoms with Crippen LogP contribution >= 0.6 is 11.3 Å². The van der Waals surface area contributed by atoms with Gasteiger partial charge in [0, 0.05) is 23.5 Å². The summed E-state index contributed by atoms with van der Waals surface area (Å²) in [5.74, 6) is 0. The molecule has 1 aromatic carbocycles. The number of nitrogens with zero attached hydrogens (tertiary/aromatic N) is 1. The first-order valence-corrected chi connectivity index (χ1v) is 8.47. The molecule has 4 rings (SSSR count). The van der Waals surface area contributed by atoms with Crippen LogP contribution in [0.1, 0.15) is 34.4 Å². The molecule has 2 aliphatic rings. The van der Waals surface area contributed by atoms with Crippen molar-refractivity contribution in [3.8, 4) is 0 Å². The summed E-state index contributed by atoms with van der Waals surface area (Å²) in [7, 11) is 2.22. The molecule has 0 radical (unpaired) electrons. The molecule has 1 fully saturated rings. The molecule has 2 heterocycles. The molecule has 21 heavy (non-hydrogen) atoms. The zero-order valence-corrected chi connectivity index (χ0v) is 13.1. The molecule has 1 aliphatic heterocycles. The van der Waals surface area contributed by atoms with Crippen molar-refractivity contribution in [2.75, 3.05) is 20.1 Å². The Morgan fingerprint density at radius 3 is 2.62 bits per heavy atom. The van der Waals surface area contributed by atoms with Crippen LogP contribution in [0.15, 0.2) is 41.3 Å². The summed E-state index contributed by atoms with van der Waals surface area (Å²) < 4.78 is 0. The smallest absolute Gasteiger partial charge is 0.0349 e. The number of piperidine rings is 1. The first-order valence-electron chi connectivity index (χ1n) is 7.59. The SMILES string of the molecule is CN1CCC(=C2c3ccccc3C=Cc3sccc32)CC1. The van der Waals surface area contributed by atoms with Crippen molar-refractivity contribution in [1.82, 2.24) is 4.90 Å². The molecule has 0 bridgehead atoms. The largest absolute Gasteiger partial charge is 0.306 e. The van der Waals surface area contributed by atoms with Gasteiger partial charge in [0.15, 0.2) is 0 Å². The van der Waals surface area contributed by atoms with Crippen LogP contribution in [0.2, 0.25) is 0 Å². The molecule has 0 amide bonds. The highest BCUT2D eigenvalue weighted by atomic mass is 32.1. The Balaban J connectivity index is 1.94. The number of hydrogen-bond acceptors (Lipinski definition) is 2. The Labute approximate surface area is 130 Å². The van der Waals surface area contributed by atoms with E-state index in [4.69, 9.17) is 0 Å². The summed E-state index contributed by atoms with van der Waals surface area (Å²) in [4.78, 5) is 3.83. The van der Waals surface area contributed by atoms with Crippen LogP contribution in [0, 0.1) is 0 Å². The fraction of sp³-hybridized carbons (Fsp3) is 0.263. The topological polar surface area (TPSA) is 3.24 Å². The van der Waals surface area contributed by atoms with Gasteiger partial charge in [0.2, 0.25) is 0 Å². The first kappa shape index (κ1) is 13.1. The van der Waals surface area contributed by atoms with E-state index in [2.05, 4.69) is 59.8 Å². The molecule has 1 nitrogen and oxygen atoms in total. The summed E-state index contributed by atoms with van der Waals surface area (Å²) in [5, 5.41) is 2.22. The molecule has 1 saturated heterocycles. The molecule has 0 spiro atoms. The minimum atomic E-state index is 1.17. The van der Waals surface area contributed by atoms with Gasteiger partial charge < -0.3 is 4.90 Å². The van der Waals surface area contributed by atoms with Crippen molar-refractivity contribution in [2.24, 2.45) is 0 Å². The zero-order chi connectivity index (χ0) is 14.2. The minimum absolute atomic E-state index is 1.17. The summed E-state index contributed by atoms with van der Waals surface area (Å²) in [6.45, 7) is 2.35. The van der Waals surface area contributed by atoms with E-state index in [1.807, 2.05) is 11.3 Å². The Hall–Kier alpha value is -1.64. The molecular weight excluding hydrogens is 274 g/mol. The van der Waals surface area contributed by atoms with E-state index < -0.39 is 0 Å². The molecule has 2 heteroatoms. The molecule has 0 atom stereocenters. The van der Waals surface area contributed by atoms with Crippen LogP contribution in [-0.2, 0) is 0 Å². The molecule has 1 aliphatic carbocycles. The van der Waals surface area contributed by atoms with Gasteiger partial charge in [-0.05, 0) is 54.1 Å². The Kier molecular flexibility index (Phi) is 3.28. The lowest BCUT2D eigenvalue weighted by atomic mass is 9.87. The fourth-order valence-electron chi connectivity index (χ4n) is 3.36. The maximum atomic E-state index is 2.43. The Morgan fingerprint density at radius 1 is 0.952 bits per heavy atom. The molecule has 2 aromatic rings. The fourth-order valence-corrected chi connectivity index (χ4v) is 4.15. The molecule has 1 aromatic heterocycles. The van der Waals surface area contributed by atoms with Crippen LogP contribution < -0.4 is 0 Å². The lowest BCUT2D eigenvalue weighted by Gasteiger charge is -2.27. The molecule has 0 N–H and O–H groups in total. The van der Waals surface area contributed by atoms with Gasteiger partial charge in [0.05, 0.1) is 0 Å². The molecule has 0 saturated carbocycles. The van der Waals surface area contributed by atoms with Crippen molar-refractivity contribution < 1.29 is 0 Å².